The molecule has 0 saturated carbocycles. The van der Waals surface area contributed by atoms with Crippen molar-refractivity contribution in [2.75, 3.05) is 13.7 Å². The number of pyridine rings is 1. The Morgan fingerprint density at radius 3 is 3.00 bits per heavy atom. The summed E-state index contributed by atoms with van der Waals surface area (Å²) in [6.45, 7) is 0.0830. The minimum Gasteiger partial charge on any atom is -0.387 e. The molecule has 1 N–H and O–H groups in total. The fraction of sp³-hybridized carbons (Fsp3) is 0.545. The van der Waals surface area contributed by atoms with Crippen molar-refractivity contribution < 1.29 is 19.0 Å². The smallest absolute Gasteiger partial charge is 0.252 e. The third kappa shape index (κ3) is 2.24. The summed E-state index contributed by atoms with van der Waals surface area (Å²) in [5, 5.41) is 9.62. The highest BCUT2D eigenvalue weighted by Crippen LogP contribution is 2.30. The van der Waals surface area contributed by atoms with Gasteiger partial charge in [0.1, 0.15) is 12.2 Å². The van der Waals surface area contributed by atoms with Crippen molar-refractivity contribution in [2.45, 2.75) is 24.6 Å². The van der Waals surface area contributed by atoms with E-state index in [-0.39, 0.29) is 12.2 Å². The van der Waals surface area contributed by atoms with Crippen molar-refractivity contribution in [2.24, 2.45) is 0 Å². The lowest BCUT2D eigenvalue weighted by Gasteiger charge is -2.15. The molecule has 1 fully saturated rings. The van der Waals surface area contributed by atoms with Gasteiger partial charge in [0.15, 0.2) is 12.4 Å². The summed E-state index contributed by atoms with van der Waals surface area (Å²) in [6, 6.07) is 4.48. The lowest BCUT2D eigenvalue weighted by atomic mass is 10.1. The van der Waals surface area contributed by atoms with Crippen LogP contribution in [-0.4, -0.2) is 41.8 Å². The van der Waals surface area contributed by atoms with Gasteiger partial charge >= 0.3 is 0 Å². The average molecular weight is 243 g/mol. The maximum Gasteiger partial charge on any atom is 0.252 e. The Bertz CT molecular complexity index is 435. The molecule has 1 saturated heterocycles. The third-order valence-corrected chi connectivity index (χ3v) is 2.75. The lowest BCUT2D eigenvalue weighted by molar-refractivity contribution is -0.0567. The highest BCUT2D eigenvalue weighted by Gasteiger charge is 2.45. The van der Waals surface area contributed by atoms with Gasteiger partial charge in [-0.15, -0.1) is 0 Å². The molecule has 1 aliphatic rings. The Hall–Kier alpha value is -1.24. The minimum atomic E-state index is -1.64. The summed E-state index contributed by atoms with van der Waals surface area (Å²) in [7, 11) is 1.44. The van der Waals surface area contributed by atoms with Crippen molar-refractivity contribution in [3.8, 4) is 0 Å². The first kappa shape index (κ1) is 12.2. The van der Waals surface area contributed by atoms with E-state index >= 15 is 0 Å². The van der Waals surface area contributed by atoms with Crippen molar-refractivity contribution in [3.05, 3.63) is 34.7 Å². The molecule has 0 spiro atoms. The monoisotopic (exact) mass is 243 g/mol. The number of hydrogen-bond donors (Lipinski definition) is 1. The van der Waals surface area contributed by atoms with Crippen LogP contribution in [0.2, 0.25) is 0 Å². The second kappa shape index (κ2) is 4.95. The van der Waals surface area contributed by atoms with Crippen LogP contribution in [-0.2, 0) is 9.47 Å². The van der Waals surface area contributed by atoms with Crippen LogP contribution in [0.3, 0.4) is 0 Å². The van der Waals surface area contributed by atoms with Gasteiger partial charge in [-0.3, -0.25) is 9.36 Å². The first-order chi connectivity index (χ1) is 8.15. The number of alkyl halides is 1. The highest BCUT2D eigenvalue weighted by molar-refractivity contribution is 4.98. The van der Waals surface area contributed by atoms with Crippen LogP contribution in [0.25, 0.3) is 0 Å². The first-order valence-corrected chi connectivity index (χ1v) is 5.29. The topological polar surface area (TPSA) is 60.7 Å². The number of rotatable bonds is 3. The van der Waals surface area contributed by atoms with E-state index in [4.69, 9.17) is 9.47 Å². The zero-order valence-corrected chi connectivity index (χ0v) is 9.32. The molecule has 2 rings (SSSR count). The Labute approximate surface area is 97.4 Å². The van der Waals surface area contributed by atoms with Gasteiger partial charge in [0.05, 0.1) is 6.61 Å². The lowest BCUT2D eigenvalue weighted by Crippen LogP contribution is -2.32. The van der Waals surface area contributed by atoms with Crippen LogP contribution in [0.4, 0.5) is 4.39 Å². The van der Waals surface area contributed by atoms with Gasteiger partial charge in [0.25, 0.3) is 5.56 Å². The van der Waals surface area contributed by atoms with E-state index in [1.807, 2.05) is 0 Å². The molecule has 1 aliphatic heterocycles. The molecule has 2 heterocycles. The molecule has 5 nitrogen and oxygen atoms in total. The van der Waals surface area contributed by atoms with E-state index in [1.54, 1.807) is 12.1 Å². The second-order valence-electron chi connectivity index (χ2n) is 3.90. The van der Waals surface area contributed by atoms with Gasteiger partial charge in [-0.05, 0) is 6.07 Å². The van der Waals surface area contributed by atoms with Gasteiger partial charge in [0.2, 0.25) is 0 Å². The number of halogens is 1. The number of aliphatic hydroxyl groups is 1. The van der Waals surface area contributed by atoms with Crippen molar-refractivity contribution >= 4 is 0 Å². The largest absolute Gasteiger partial charge is 0.387 e. The van der Waals surface area contributed by atoms with E-state index in [9.17, 15) is 14.3 Å². The molecule has 1 aromatic rings. The number of nitrogens with zero attached hydrogens (tertiary/aromatic N) is 1. The summed E-state index contributed by atoms with van der Waals surface area (Å²) in [6.07, 6.45) is -3.35. The maximum absolute atomic E-state index is 13.8. The number of ether oxygens (including phenoxy) is 2. The zero-order valence-electron chi connectivity index (χ0n) is 9.32. The molecule has 94 valence electrons. The predicted molar refractivity (Wildman–Crippen MR) is 57.4 cm³/mol. The van der Waals surface area contributed by atoms with Gasteiger partial charge in [-0.25, -0.2) is 4.39 Å². The van der Waals surface area contributed by atoms with Gasteiger partial charge in [0, 0.05) is 19.4 Å². The Balaban J connectivity index is 2.24. The van der Waals surface area contributed by atoms with Gasteiger partial charge in [-0.1, -0.05) is 6.07 Å². The summed E-state index contributed by atoms with van der Waals surface area (Å²) in [5.41, 5.74) is -0.370. The summed E-state index contributed by atoms with van der Waals surface area (Å²) >= 11 is 0. The molecule has 4 atom stereocenters. The van der Waals surface area contributed by atoms with E-state index in [0.29, 0.717) is 0 Å². The fourth-order valence-corrected chi connectivity index (χ4v) is 1.88. The van der Waals surface area contributed by atoms with Crippen LogP contribution < -0.4 is 5.56 Å². The quantitative estimate of drug-likeness (QED) is 0.817. The minimum absolute atomic E-state index is 0.0830. The molecule has 17 heavy (non-hydrogen) atoms. The van der Waals surface area contributed by atoms with Crippen LogP contribution >= 0.6 is 0 Å². The highest BCUT2D eigenvalue weighted by atomic mass is 19.1. The Morgan fingerprint density at radius 1 is 1.59 bits per heavy atom. The molecule has 0 aromatic carbocycles. The van der Waals surface area contributed by atoms with Crippen LogP contribution in [0, 0.1) is 0 Å². The number of aromatic nitrogens is 1. The molecule has 0 aliphatic carbocycles. The van der Waals surface area contributed by atoms with Crippen LogP contribution in [0.15, 0.2) is 29.2 Å². The Morgan fingerprint density at radius 2 is 2.35 bits per heavy atom. The van der Waals surface area contributed by atoms with Crippen LogP contribution in [0.1, 0.15) is 6.23 Å². The average Bonchev–Trinajstić information content (AvgIpc) is 2.59. The number of hydrogen-bond acceptors (Lipinski definition) is 4. The van der Waals surface area contributed by atoms with E-state index in [1.165, 1.54) is 19.4 Å². The number of methoxy groups -OCH3 is 1. The SMILES string of the molecule is COC[C@H]1O[C@@H](n2ccccc2=O)[C@H](F)[C@@H]1O. The van der Waals surface area contributed by atoms with Crippen molar-refractivity contribution in [3.63, 3.8) is 0 Å². The Kier molecular flexibility index (Phi) is 3.56. The molecular formula is C11H14FNO4. The summed E-state index contributed by atoms with van der Waals surface area (Å²) in [5.74, 6) is 0. The summed E-state index contributed by atoms with van der Waals surface area (Å²) in [4.78, 5) is 11.5. The van der Waals surface area contributed by atoms with E-state index in [0.717, 1.165) is 4.57 Å². The molecule has 0 amide bonds. The third-order valence-electron chi connectivity index (χ3n) is 2.75. The maximum atomic E-state index is 13.8. The molecular weight excluding hydrogens is 229 g/mol. The van der Waals surface area contributed by atoms with E-state index in [2.05, 4.69) is 0 Å². The summed E-state index contributed by atoms with van der Waals surface area (Å²) < 4.78 is 25.1. The normalized spacial score (nSPS) is 32.9. The van der Waals surface area contributed by atoms with Gasteiger partial charge < -0.3 is 14.6 Å². The predicted octanol–water partition coefficient (Wildman–Crippen LogP) is 0.0911. The van der Waals surface area contributed by atoms with Crippen molar-refractivity contribution in [1.82, 2.24) is 4.57 Å². The standard InChI is InChI=1S/C11H14FNO4/c1-16-6-7-10(15)9(12)11(17-7)13-5-3-2-4-8(13)14/h2-5,7,9-11,15H,6H2,1H3/t7-,9-,10-,11-/m1/s1. The first-order valence-electron chi connectivity index (χ1n) is 5.29. The fourth-order valence-electron chi connectivity index (χ4n) is 1.88. The number of aliphatic hydroxyl groups excluding tert-OH is 1. The molecule has 0 unspecified atom stereocenters. The molecule has 1 aromatic heterocycles. The van der Waals surface area contributed by atoms with E-state index < -0.39 is 24.6 Å². The molecule has 6 heteroatoms. The zero-order chi connectivity index (χ0) is 12.4. The molecule has 0 radical (unpaired) electrons. The van der Waals surface area contributed by atoms with Gasteiger partial charge in [-0.2, -0.15) is 0 Å². The second-order valence-corrected chi connectivity index (χ2v) is 3.90. The van der Waals surface area contributed by atoms with Crippen LogP contribution in [0.5, 0.6) is 0 Å². The van der Waals surface area contributed by atoms with Crippen molar-refractivity contribution in [1.29, 1.82) is 0 Å². The molecule has 0 bridgehead atoms.